The summed E-state index contributed by atoms with van der Waals surface area (Å²) in [5.41, 5.74) is -0.0112. The van der Waals surface area contributed by atoms with Crippen LogP contribution in [0.4, 0.5) is 4.39 Å². The minimum Gasteiger partial charge on any atom is -0.387 e. The van der Waals surface area contributed by atoms with Crippen LogP contribution in [0.5, 0.6) is 0 Å². The van der Waals surface area contributed by atoms with Crippen molar-refractivity contribution >= 4 is 29.0 Å². The Kier molecular flexibility index (Phi) is 5.14. The fraction of sp³-hybridized carbons (Fsp3) is 0.368. The molecular weight excluding hydrogens is 364 g/mol. The average molecular weight is 382 g/mol. The highest BCUT2D eigenvalue weighted by atomic mass is 35.5. The number of fused-ring (bicyclic) bond motifs is 1. The first-order valence-corrected chi connectivity index (χ1v) is 8.88. The molecule has 3 nitrogen and oxygen atoms in total. The van der Waals surface area contributed by atoms with E-state index in [9.17, 15) is 9.90 Å². The van der Waals surface area contributed by atoms with Crippen LogP contribution in [0, 0.1) is 6.92 Å². The van der Waals surface area contributed by atoms with Crippen LogP contribution in [0.15, 0.2) is 30.5 Å². The number of aromatic nitrogens is 1. The van der Waals surface area contributed by atoms with Gasteiger partial charge in [-0.25, -0.2) is 4.39 Å². The molecule has 1 aromatic carbocycles. The van der Waals surface area contributed by atoms with E-state index < -0.39 is 17.6 Å². The third-order valence-electron chi connectivity index (χ3n) is 4.77. The molecule has 1 heterocycles. The number of hydrogen-bond donors (Lipinski definition) is 1. The number of carbonyl (C=O) groups is 1. The van der Waals surface area contributed by atoms with Gasteiger partial charge in [0.1, 0.15) is 0 Å². The van der Waals surface area contributed by atoms with Gasteiger partial charge in [0.15, 0.2) is 11.5 Å². The van der Waals surface area contributed by atoms with E-state index in [0.717, 1.165) is 11.1 Å². The third-order valence-corrected chi connectivity index (χ3v) is 5.33. The molecule has 0 amide bonds. The number of halogens is 3. The van der Waals surface area contributed by atoms with Crippen LogP contribution in [-0.2, 0) is 16.9 Å². The lowest BCUT2D eigenvalue weighted by Crippen LogP contribution is -2.37. The van der Waals surface area contributed by atoms with E-state index in [1.54, 1.807) is 18.2 Å². The van der Waals surface area contributed by atoms with E-state index in [1.165, 1.54) is 12.3 Å². The summed E-state index contributed by atoms with van der Waals surface area (Å²) in [7, 11) is 0. The van der Waals surface area contributed by atoms with Crippen molar-refractivity contribution in [1.82, 2.24) is 4.98 Å². The molecule has 0 aliphatic heterocycles. The molecule has 6 heteroatoms. The van der Waals surface area contributed by atoms with E-state index in [4.69, 9.17) is 23.2 Å². The molecule has 0 fully saturated rings. The first-order valence-electron chi connectivity index (χ1n) is 8.13. The van der Waals surface area contributed by atoms with Crippen LogP contribution in [0.25, 0.3) is 0 Å². The number of hydrogen-bond acceptors (Lipinski definition) is 3. The number of Topliss-reactive ketones (excluding diaryl/α,β-unsaturated/α-hetero) is 1. The van der Waals surface area contributed by atoms with Gasteiger partial charge in [-0.1, -0.05) is 29.3 Å². The molecule has 1 aliphatic rings. The van der Waals surface area contributed by atoms with Crippen LogP contribution in [0.3, 0.4) is 0 Å². The number of alkyl halides is 1. The van der Waals surface area contributed by atoms with Crippen molar-refractivity contribution < 1.29 is 14.3 Å². The summed E-state index contributed by atoms with van der Waals surface area (Å²) in [5, 5.41) is 11.0. The zero-order chi connectivity index (χ0) is 18.2. The fourth-order valence-electron chi connectivity index (χ4n) is 3.40. The maximum absolute atomic E-state index is 15.5. The van der Waals surface area contributed by atoms with Crippen molar-refractivity contribution in [2.24, 2.45) is 0 Å². The van der Waals surface area contributed by atoms with Gasteiger partial charge >= 0.3 is 0 Å². The summed E-state index contributed by atoms with van der Waals surface area (Å²) in [6.45, 7) is 1.86. The second-order valence-corrected chi connectivity index (χ2v) is 7.24. The fourth-order valence-corrected chi connectivity index (χ4v) is 4.09. The summed E-state index contributed by atoms with van der Waals surface area (Å²) < 4.78 is 15.5. The first-order chi connectivity index (χ1) is 11.8. The Bertz CT molecular complexity index is 804. The molecule has 0 spiro atoms. The first kappa shape index (κ1) is 18.3. The quantitative estimate of drug-likeness (QED) is 0.819. The molecule has 2 aromatic rings. The Labute approximate surface area is 155 Å². The molecule has 1 aliphatic carbocycles. The van der Waals surface area contributed by atoms with Gasteiger partial charge in [-0.05, 0) is 55.5 Å². The van der Waals surface area contributed by atoms with Crippen molar-refractivity contribution in [1.29, 1.82) is 0 Å². The summed E-state index contributed by atoms with van der Waals surface area (Å²) in [6.07, 6.45) is 1.15. The number of aliphatic hydroxyl groups excluding tert-OH is 1. The smallest absolute Gasteiger partial charge is 0.195 e. The Morgan fingerprint density at radius 2 is 2.20 bits per heavy atom. The number of ketones is 1. The van der Waals surface area contributed by atoms with Gasteiger partial charge in [0, 0.05) is 28.2 Å². The van der Waals surface area contributed by atoms with Crippen molar-refractivity contribution in [2.75, 3.05) is 0 Å². The standard InChI is InChI=1S/C19H18Cl2FNO2/c1-11-9-12(20)10-15(21)13(11)4-5-17(25)19(22)7-6-16(24)18-14(19)3-2-8-23-18/h2-3,8-10,16,24H,4-7H2,1H3/t16-,19+/m0/s1. The molecule has 0 saturated heterocycles. The van der Waals surface area contributed by atoms with Gasteiger partial charge in [0.2, 0.25) is 0 Å². The number of aryl methyl sites for hydroxylation is 1. The third kappa shape index (κ3) is 3.43. The summed E-state index contributed by atoms with van der Waals surface area (Å²) in [6, 6.07) is 6.51. The number of nitrogens with zero attached hydrogens (tertiary/aromatic N) is 1. The molecule has 0 radical (unpaired) electrons. The minimum absolute atomic E-state index is 0.0170. The summed E-state index contributed by atoms with van der Waals surface area (Å²) in [5.74, 6) is -0.515. The van der Waals surface area contributed by atoms with Gasteiger partial charge in [-0.15, -0.1) is 0 Å². The number of rotatable bonds is 4. The lowest BCUT2D eigenvalue weighted by atomic mass is 9.77. The molecular formula is C19H18Cl2FNO2. The van der Waals surface area contributed by atoms with Crippen molar-refractivity contribution in [3.63, 3.8) is 0 Å². The predicted molar refractivity (Wildman–Crippen MR) is 95.7 cm³/mol. The second-order valence-electron chi connectivity index (χ2n) is 6.40. The molecule has 1 N–H and O–H groups in total. The van der Waals surface area contributed by atoms with Crippen LogP contribution in [0.2, 0.25) is 10.0 Å². The van der Waals surface area contributed by atoms with Gasteiger partial charge in [0.25, 0.3) is 0 Å². The van der Waals surface area contributed by atoms with Crippen LogP contribution in [0.1, 0.15) is 47.8 Å². The van der Waals surface area contributed by atoms with E-state index >= 15 is 4.39 Å². The van der Waals surface area contributed by atoms with Crippen LogP contribution in [-0.4, -0.2) is 15.9 Å². The zero-order valence-electron chi connectivity index (χ0n) is 13.7. The Morgan fingerprint density at radius 1 is 1.44 bits per heavy atom. The van der Waals surface area contributed by atoms with Crippen molar-refractivity contribution in [3.8, 4) is 0 Å². The van der Waals surface area contributed by atoms with E-state index in [0.29, 0.717) is 16.5 Å². The number of benzene rings is 1. The van der Waals surface area contributed by atoms with E-state index in [2.05, 4.69) is 4.98 Å². The summed E-state index contributed by atoms with van der Waals surface area (Å²) in [4.78, 5) is 16.8. The topological polar surface area (TPSA) is 50.2 Å². The maximum atomic E-state index is 15.5. The van der Waals surface area contributed by atoms with Gasteiger partial charge in [-0.3, -0.25) is 9.78 Å². The lowest BCUT2D eigenvalue weighted by molar-refractivity contribution is -0.133. The zero-order valence-corrected chi connectivity index (χ0v) is 15.2. The number of aliphatic hydroxyl groups is 1. The maximum Gasteiger partial charge on any atom is 0.195 e. The van der Waals surface area contributed by atoms with E-state index in [-0.39, 0.29) is 30.5 Å². The van der Waals surface area contributed by atoms with Gasteiger partial charge < -0.3 is 5.11 Å². The molecule has 0 unspecified atom stereocenters. The molecule has 3 rings (SSSR count). The highest BCUT2D eigenvalue weighted by Crippen LogP contribution is 2.43. The monoisotopic (exact) mass is 381 g/mol. The highest BCUT2D eigenvalue weighted by Gasteiger charge is 2.45. The largest absolute Gasteiger partial charge is 0.387 e. The molecule has 2 atom stereocenters. The number of carbonyl (C=O) groups excluding carboxylic acids is 1. The normalized spacial score (nSPS) is 22.5. The number of pyridine rings is 1. The molecule has 132 valence electrons. The molecule has 0 bridgehead atoms. The van der Waals surface area contributed by atoms with Crippen LogP contribution < -0.4 is 0 Å². The highest BCUT2D eigenvalue weighted by molar-refractivity contribution is 6.35. The molecule has 0 saturated carbocycles. The second kappa shape index (κ2) is 7.02. The Morgan fingerprint density at radius 3 is 2.92 bits per heavy atom. The lowest BCUT2D eigenvalue weighted by Gasteiger charge is -2.32. The average Bonchev–Trinajstić information content (AvgIpc) is 2.57. The molecule has 25 heavy (non-hydrogen) atoms. The van der Waals surface area contributed by atoms with Gasteiger partial charge in [0.05, 0.1) is 11.8 Å². The Balaban J connectivity index is 1.84. The minimum atomic E-state index is -2.12. The van der Waals surface area contributed by atoms with Gasteiger partial charge in [-0.2, -0.15) is 0 Å². The Hall–Kier alpha value is -1.49. The van der Waals surface area contributed by atoms with Crippen molar-refractivity contribution in [3.05, 3.63) is 62.9 Å². The SMILES string of the molecule is Cc1cc(Cl)cc(Cl)c1CCC(=O)[C@@]1(F)CC[C@H](O)c2ncccc21. The predicted octanol–water partition coefficient (Wildman–Crippen LogP) is 4.89. The molecule has 1 aromatic heterocycles. The van der Waals surface area contributed by atoms with Crippen molar-refractivity contribution in [2.45, 2.75) is 44.4 Å². The summed E-state index contributed by atoms with van der Waals surface area (Å²) >= 11 is 12.2. The van der Waals surface area contributed by atoms with E-state index in [1.807, 2.05) is 6.92 Å². The van der Waals surface area contributed by atoms with Crippen LogP contribution >= 0.6 is 23.2 Å².